The Morgan fingerprint density at radius 2 is 1.89 bits per heavy atom. The van der Waals surface area contributed by atoms with E-state index in [2.05, 4.69) is 9.59 Å². The van der Waals surface area contributed by atoms with Crippen LogP contribution >= 0.6 is 11.5 Å². The van der Waals surface area contributed by atoms with E-state index < -0.39 is 0 Å². The Labute approximate surface area is 115 Å². The number of hydrogen-bond donors (Lipinski definition) is 0. The summed E-state index contributed by atoms with van der Waals surface area (Å²) in [5.41, 5.74) is 2.73. The van der Waals surface area contributed by atoms with Gasteiger partial charge < -0.3 is 0 Å². The number of benzene rings is 2. The Kier molecular flexibility index (Phi) is 3.33. The molecule has 0 spiro atoms. The van der Waals surface area contributed by atoms with Gasteiger partial charge in [0, 0.05) is 12.0 Å². The van der Waals surface area contributed by atoms with Crippen LogP contribution in [0.4, 0.5) is 0 Å². The maximum atomic E-state index is 12.3. The summed E-state index contributed by atoms with van der Waals surface area (Å²) < 4.78 is 4.79. The van der Waals surface area contributed by atoms with Crippen LogP contribution in [0.25, 0.3) is 10.2 Å². The number of ketones is 1. The van der Waals surface area contributed by atoms with Gasteiger partial charge in [-0.2, -0.15) is 0 Å². The van der Waals surface area contributed by atoms with Crippen molar-refractivity contribution in [3.05, 3.63) is 59.7 Å². The second-order valence-electron chi connectivity index (χ2n) is 4.34. The third kappa shape index (κ3) is 2.53. The van der Waals surface area contributed by atoms with Crippen molar-refractivity contribution in [3.8, 4) is 0 Å². The number of carbonyl (C=O) groups is 1. The molecule has 3 nitrogen and oxygen atoms in total. The Bertz CT molecular complexity index is 706. The molecule has 1 aromatic heterocycles. The highest BCUT2D eigenvalue weighted by molar-refractivity contribution is 7.13. The lowest BCUT2D eigenvalue weighted by molar-refractivity contribution is 0.0984. The molecule has 3 rings (SSSR count). The molecule has 0 saturated heterocycles. The molecule has 0 fully saturated rings. The van der Waals surface area contributed by atoms with Crippen molar-refractivity contribution in [2.75, 3.05) is 0 Å². The number of aromatic nitrogens is 2. The highest BCUT2D eigenvalue weighted by Gasteiger charge is 2.12. The van der Waals surface area contributed by atoms with Gasteiger partial charge in [-0.3, -0.25) is 4.79 Å². The monoisotopic (exact) mass is 268 g/mol. The number of aryl methyl sites for hydroxylation is 1. The van der Waals surface area contributed by atoms with Gasteiger partial charge in [0.15, 0.2) is 5.78 Å². The highest BCUT2D eigenvalue weighted by Crippen LogP contribution is 2.22. The SMILES string of the molecule is O=C(CCc1ccccc1)c1cccc2nnsc12. The topological polar surface area (TPSA) is 42.9 Å². The van der Waals surface area contributed by atoms with Crippen molar-refractivity contribution in [2.45, 2.75) is 12.8 Å². The molecule has 0 radical (unpaired) electrons. The van der Waals surface area contributed by atoms with Crippen LogP contribution in [-0.4, -0.2) is 15.4 Å². The van der Waals surface area contributed by atoms with Gasteiger partial charge in [0.2, 0.25) is 0 Å². The van der Waals surface area contributed by atoms with Crippen molar-refractivity contribution in [3.63, 3.8) is 0 Å². The summed E-state index contributed by atoms with van der Waals surface area (Å²) in [6, 6.07) is 15.7. The zero-order chi connectivity index (χ0) is 13.1. The Morgan fingerprint density at radius 1 is 1.05 bits per heavy atom. The summed E-state index contributed by atoms with van der Waals surface area (Å²) in [6.45, 7) is 0. The minimum absolute atomic E-state index is 0.153. The van der Waals surface area contributed by atoms with E-state index in [4.69, 9.17) is 0 Å². The third-order valence-corrected chi connectivity index (χ3v) is 3.83. The van der Waals surface area contributed by atoms with E-state index in [0.29, 0.717) is 6.42 Å². The minimum atomic E-state index is 0.153. The molecule has 3 aromatic rings. The lowest BCUT2D eigenvalue weighted by atomic mass is 10.0. The predicted octanol–water partition coefficient (Wildman–Crippen LogP) is 3.51. The molecule has 94 valence electrons. The van der Waals surface area contributed by atoms with Crippen molar-refractivity contribution in [2.24, 2.45) is 0 Å². The van der Waals surface area contributed by atoms with Crippen LogP contribution in [0, 0.1) is 0 Å². The van der Waals surface area contributed by atoms with Crippen LogP contribution < -0.4 is 0 Å². The second kappa shape index (κ2) is 5.28. The third-order valence-electron chi connectivity index (χ3n) is 3.06. The molecule has 0 aliphatic heterocycles. The first-order valence-electron chi connectivity index (χ1n) is 6.13. The standard InChI is InChI=1S/C15H12N2OS/c18-14(10-9-11-5-2-1-3-6-11)12-7-4-8-13-15(12)19-17-16-13/h1-8H,9-10H2. The Balaban J connectivity index is 1.79. The van der Waals surface area contributed by atoms with Gasteiger partial charge in [-0.05, 0) is 35.6 Å². The lowest BCUT2D eigenvalue weighted by Gasteiger charge is -2.02. The number of rotatable bonds is 4. The number of Topliss-reactive ketones (excluding diaryl/α,β-unsaturated/α-hetero) is 1. The zero-order valence-electron chi connectivity index (χ0n) is 10.2. The summed E-state index contributed by atoms with van der Waals surface area (Å²) in [7, 11) is 0. The molecule has 19 heavy (non-hydrogen) atoms. The minimum Gasteiger partial charge on any atom is -0.294 e. The fourth-order valence-corrected chi connectivity index (χ4v) is 2.75. The number of hydrogen-bond acceptors (Lipinski definition) is 4. The first kappa shape index (κ1) is 12.0. The van der Waals surface area contributed by atoms with Crippen LogP contribution in [0.1, 0.15) is 22.3 Å². The zero-order valence-corrected chi connectivity index (χ0v) is 11.1. The van der Waals surface area contributed by atoms with Crippen LogP contribution in [0.2, 0.25) is 0 Å². The van der Waals surface area contributed by atoms with Gasteiger partial charge in [0.05, 0.1) is 4.70 Å². The van der Waals surface area contributed by atoms with E-state index >= 15 is 0 Å². The Morgan fingerprint density at radius 3 is 2.74 bits per heavy atom. The fraction of sp³-hybridized carbons (Fsp3) is 0.133. The molecule has 0 atom stereocenters. The van der Waals surface area contributed by atoms with Crippen LogP contribution in [0.5, 0.6) is 0 Å². The molecule has 0 aliphatic rings. The summed E-state index contributed by atoms with van der Waals surface area (Å²) in [6.07, 6.45) is 1.28. The molecule has 2 aromatic carbocycles. The molecule has 0 bridgehead atoms. The van der Waals surface area contributed by atoms with Gasteiger partial charge in [0.25, 0.3) is 0 Å². The summed E-state index contributed by atoms with van der Waals surface area (Å²) in [5.74, 6) is 0.153. The number of nitrogens with zero attached hydrogens (tertiary/aromatic N) is 2. The lowest BCUT2D eigenvalue weighted by Crippen LogP contribution is -2.01. The maximum absolute atomic E-state index is 12.3. The Hall–Kier alpha value is -2.07. The van der Waals surface area contributed by atoms with Gasteiger partial charge in [-0.1, -0.05) is 40.9 Å². The molecular formula is C15H12N2OS. The van der Waals surface area contributed by atoms with Crippen molar-refractivity contribution >= 4 is 27.5 Å². The van der Waals surface area contributed by atoms with E-state index in [0.717, 1.165) is 22.2 Å². The van der Waals surface area contributed by atoms with Crippen molar-refractivity contribution in [1.82, 2.24) is 9.59 Å². The van der Waals surface area contributed by atoms with Crippen LogP contribution in [0.15, 0.2) is 48.5 Å². The summed E-state index contributed by atoms with van der Waals surface area (Å²) >= 11 is 1.28. The largest absolute Gasteiger partial charge is 0.294 e. The van der Waals surface area contributed by atoms with Gasteiger partial charge in [0.1, 0.15) is 5.52 Å². The molecular weight excluding hydrogens is 256 g/mol. The van der Waals surface area contributed by atoms with Crippen LogP contribution in [0.3, 0.4) is 0 Å². The molecule has 4 heteroatoms. The van der Waals surface area contributed by atoms with Gasteiger partial charge >= 0.3 is 0 Å². The quantitative estimate of drug-likeness (QED) is 0.680. The number of carbonyl (C=O) groups excluding carboxylic acids is 1. The van der Waals surface area contributed by atoms with E-state index in [1.807, 2.05) is 48.5 Å². The molecule has 0 aliphatic carbocycles. The van der Waals surface area contributed by atoms with E-state index in [9.17, 15) is 4.79 Å². The first-order valence-corrected chi connectivity index (χ1v) is 6.90. The molecule has 0 saturated carbocycles. The molecule has 1 heterocycles. The normalized spacial score (nSPS) is 10.7. The van der Waals surface area contributed by atoms with Gasteiger partial charge in [-0.25, -0.2) is 0 Å². The van der Waals surface area contributed by atoms with E-state index in [-0.39, 0.29) is 5.78 Å². The summed E-state index contributed by atoms with van der Waals surface area (Å²) in [5, 5.41) is 4.00. The molecule has 0 N–H and O–H groups in total. The van der Waals surface area contributed by atoms with Gasteiger partial charge in [-0.15, -0.1) is 5.10 Å². The van der Waals surface area contributed by atoms with Crippen molar-refractivity contribution in [1.29, 1.82) is 0 Å². The predicted molar refractivity (Wildman–Crippen MR) is 76.5 cm³/mol. The smallest absolute Gasteiger partial charge is 0.164 e. The maximum Gasteiger partial charge on any atom is 0.164 e. The highest BCUT2D eigenvalue weighted by atomic mass is 32.1. The average molecular weight is 268 g/mol. The number of fused-ring (bicyclic) bond motifs is 1. The van der Waals surface area contributed by atoms with E-state index in [1.165, 1.54) is 17.1 Å². The van der Waals surface area contributed by atoms with Crippen LogP contribution in [-0.2, 0) is 6.42 Å². The van der Waals surface area contributed by atoms with E-state index in [1.54, 1.807) is 0 Å². The first-order chi connectivity index (χ1) is 9.34. The fourth-order valence-electron chi connectivity index (χ4n) is 2.06. The van der Waals surface area contributed by atoms with Crippen molar-refractivity contribution < 1.29 is 4.79 Å². The summed E-state index contributed by atoms with van der Waals surface area (Å²) in [4.78, 5) is 12.3. The molecule has 0 amide bonds. The molecule has 0 unspecified atom stereocenters. The average Bonchev–Trinajstić information content (AvgIpc) is 2.94. The second-order valence-corrected chi connectivity index (χ2v) is 5.09.